The number of halogens is 1. The largest absolute Gasteiger partial charge is 0.507 e. The number of phenols is 1. The van der Waals surface area contributed by atoms with E-state index in [1.165, 1.54) is 18.2 Å². The molecule has 2 aromatic heterocycles. The number of rotatable bonds is 3. The highest BCUT2D eigenvalue weighted by molar-refractivity contribution is 6.00. The molecule has 0 amide bonds. The summed E-state index contributed by atoms with van der Waals surface area (Å²) in [6.07, 6.45) is 6.43. The van der Waals surface area contributed by atoms with E-state index in [4.69, 9.17) is 0 Å². The van der Waals surface area contributed by atoms with Gasteiger partial charge in [0.1, 0.15) is 17.3 Å². The zero-order valence-electron chi connectivity index (χ0n) is 14.1. The number of aromatic nitrogens is 3. The number of pyridine rings is 1. The van der Waals surface area contributed by atoms with E-state index in [1.807, 2.05) is 0 Å². The molecule has 2 atom stereocenters. The maximum atomic E-state index is 14.3. The third-order valence-corrected chi connectivity index (χ3v) is 4.86. The number of anilines is 1. The molecule has 3 aromatic rings. The van der Waals surface area contributed by atoms with Gasteiger partial charge in [-0.05, 0) is 31.0 Å². The molecular formula is C19H19FN4O2. The van der Waals surface area contributed by atoms with Gasteiger partial charge in [0.25, 0.3) is 0 Å². The van der Waals surface area contributed by atoms with Crippen molar-refractivity contribution in [2.75, 3.05) is 5.32 Å². The number of aliphatic hydroxyl groups excluding tert-OH is 1. The van der Waals surface area contributed by atoms with Gasteiger partial charge in [-0.2, -0.15) is 0 Å². The van der Waals surface area contributed by atoms with Gasteiger partial charge in [0.05, 0.1) is 17.7 Å². The third-order valence-electron chi connectivity index (χ3n) is 4.86. The fraction of sp³-hybridized carbons (Fsp3) is 0.316. The average Bonchev–Trinajstić information content (AvgIpc) is 2.65. The lowest BCUT2D eigenvalue weighted by molar-refractivity contribution is 0.116. The Morgan fingerprint density at radius 2 is 1.92 bits per heavy atom. The van der Waals surface area contributed by atoms with Crippen molar-refractivity contribution < 1.29 is 14.6 Å². The van der Waals surface area contributed by atoms with E-state index in [9.17, 15) is 14.6 Å². The van der Waals surface area contributed by atoms with E-state index in [0.717, 1.165) is 25.7 Å². The summed E-state index contributed by atoms with van der Waals surface area (Å²) in [5, 5.41) is 33.2. The Bertz CT molecular complexity index is 930. The van der Waals surface area contributed by atoms with Gasteiger partial charge in [-0.1, -0.05) is 18.9 Å². The summed E-state index contributed by atoms with van der Waals surface area (Å²) in [5.74, 6) is -0.264. The van der Waals surface area contributed by atoms with Gasteiger partial charge in [-0.25, -0.2) is 4.39 Å². The SMILES string of the molecule is Oc1cccc(F)c1-c1nnc(NC2CCCCC2O)c2cnccc12. The second kappa shape index (κ2) is 6.84. The van der Waals surface area contributed by atoms with Gasteiger partial charge >= 0.3 is 0 Å². The molecule has 0 saturated heterocycles. The molecule has 2 unspecified atom stereocenters. The van der Waals surface area contributed by atoms with Crippen molar-refractivity contribution in [1.29, 1.82) is 0 Å². The summed E-state index contributed by atoms with van der Waals surface area (Å²) in [4.78, 5) is 4.14. The van der Waals surface area contributed by atoms with Crippen molar-refractivity contribution >= 4 is 16.6 Å². The summed E-state index contributed by atoms with van der Waals surface area (Å²) in [5.41, 5.74) is 0.271. The van der Waals surface area contributed by atoms with Crippen molar-refractivity contribution in [3.63, 3.8) is 0 Å². The van der Waals surface area contributed by atoms with Crippen LogP contribution in [-0.2, 0) is 0 Å². The van der Waals surface area contributed by atoms with Gasteiger partial charge in [0, 0.05) is 23.2 Å². The lowest BCUT2D eigenvalue weighted by atomic mass is 9.92. The molecule has 2 heterocycles. The smallest absolute Gasteiger partial charge is 0.158 e. The van der Waals surface area contributed by atoms with Crippen LogP contribution in [0.1, 0.15) is 25.7 Å². The first kappa shape index (κ1) is 16.7. The van der Waals surface area contributed by atoms with Crippen LogP contribution in [0.3, 0.4) is 0 Å². The fourth-order valence-corrected chi connectivity index (χ4v) is 3.49. The minimum atomic E-state index is -0.569. The van der Waals surface area contributed by atoms with Gasteiger partial charge in [0.2, 0.25) is 0 Å². The monoisotopic (exact) mass is 354 g/mol. The van der Waals surface area contributed by atoms with Crippen molar-refractivity contribution in [2.24, 2.45) is 0 Å². The lowest BCUT2D eigenvalue weighted by Gasteiger charge is -2.29. The van der Waals surface area contributed by atoms with Crippen LogP contribution in [0.2, 0.25) is 0 Å². The van der Waals surface area contributed by atoms with Crippen LogP contribution in [0.4, 0.5) is 10.2 Å². The summed E-state index contributed by atoms with van der Waals surface area (Å²) < 4.78 is 14.3. The van der Waals surface area contributed by atoms with E-state index >= 15 is 0 Å². The zero-order chi connectivity index (χ0) is 18.1. The topological polar surface area (TPSA) is 91.2 Å². The Morgan fingerprint density at radius 1 is 1.08 bits per heavy atom. The number of nitrogens with zero attached hydrogens (tertiary/aromatic N) is 3. The molecule has 3 N–H and O–H groups in total. The molecule has 1 aliphatic rings. The minimum absolute atomic E-state index is 0.0143. The molecular weight excluding hydrogens is 335 g/mol. The minimum Gasteiger partial charge on any atom is -0.507 e. The highest BCUT2D eigenvalue weighted by atomic mass is 19.1. The van der Waals surface area contributed by atoms with Crippen molar-refractivity contribution in [3.8, 4) is 17.0 Å². The van der Waals surface area contributed by atoms with Crippen LogP contribution in [0.15, 0.2) is 36.7 Å². The Balaban J connectivity index is 1.81. The first-order valence-corrected chi connectivity index (χ1v) is 8.68. The van der Waals surface area contributed by atoms with E-state index in [0.29, 0.717) is 16.6 Å². The number of fused-ring (bicyclic) bond motifs is 1. The Labute approximate surface area is 149 Å². The molecule has 0 radical (unpaired) electrons. The molecule has 7 heteroatoms. The predicted molar refractivity (Wildman–Crippen MR) is 96.3 cm³/mol. The maximum absolute atomic E-state index is 14.3. The standard InChI is InChI=1S/C19H19FN4O2/c20-13-4-3-7-16(26)17(13)18-11-8-9-21-10-12(11)19(24-23-18)22-14-5-1-2-6-15(14)25/h3-4,7-10,14-15,25-26H,1-2,5-6H2,(H,22,24). The van der Waals surface area contributed by atoms with Crippen LogP contribution in [0.5, 0.6) is 5.75 Å². The van der Waals surface area contributed by atoms with Crippen molar-refractivity contribution in [1.82, 2.24) is 15.2 Å². The quantitative estimate of drug-likeness (QED) is 0.669. The first-order valence-electron chi connectivity index (χ1n) is 8.68. The lowest BCUT2D eigenvalue weighted by Crippen LogP contribution is -2.36. The molecule has 0 aliphatic heterocycles. The third kappa shape index (κ3) is 2.94. The molecule has 1 saturated carbocycles. The van der Waals surface area contributed by atoms with Gasteiger partial charge < -0.3 is 15.5 Å². The molecule has 6 nitrogen and oxygen atoms in total. The van der Waals surface area contributed by atoms with Crippen LogP contribution in [0, 0.1) is 5.82 Å². The number of phenolic OH excluding ortho intramolecular Hbond substituents is 1. The molecule has 1 aliphatic carbocycles. The molecule has 26 heavy (non-hydrogen) atoms. The Hall–Kier alpha value is -2.80. The highest BCUT2D eigenvalue weighted by Crippen LogP contribution is 2.36. The number of benzene rings is 1. The molecule has 0 bridgehead atoms. The molecule has 134 valence electrons. The second-order valence-corrected chi connectivity index (χ2v) is 6.56. The maximum Gasteiger partial charge on any atom is 0.158 e. The van der Waals surface area contributed by atoms with E-state index in [2.05, 4.69) is 20.5 Å². The van der Waals surface area contributed by atoms with E-state index in [-0.39, 0.29) is 23.0 Å². The number of hydrogen-bond acceptors (Lipinski definition) is 6. The molecule has 4 rings (SSSR count). The van der Waals surface area contributed by atoms with E-state index in [1.54, 1.807) is 18.5 Å². The molecule has 0 spiro atoms. The molecule has 1 aromatic carbocycles. The second-order valence-electron chi connectivity index (χ2n) is 6.56. The fourth-order valence-electron chi connectivity index (χ4n) is 3.49. The summed E-state index contributed by atoms with van der Waals surface area (Å²) in [6.45, 7) is 0. The van der Waals surface area contributed by atoms with Crippen molar-refractivity contribution in [3.05, 3.63) is 42.5 Å². The van der Waals surface area contributed by atoms with Crippen LogP contribution in [-0.4, -0.2) is 37.5 Å². The number of aromatic hydroxyl groups is 1. The summed E-state index contributed by atoms with van der Waals surface area (Å²) >= 11 is 0. The highest BCUT2D eigenvalue weighted by Gasteiger charge is 2.25. The van der Waals surface area contributed by atoms with Crippen LogP contribution < -0.4 is 5.32 Å². The van der Waals surface area contributed by atoms with E-state index < -0.39 is 11.9 Å². The predicted octanol–water partition coefficient (Wildman–Crippen LogP) is 3.25. The molecule has 1 fully saturated rings. The Morgan fingerprint density at radius 3 is 2.73 bits per heavy atom. The zero-order valence-corrected chi connectivity index (χ0v) is 14.1. The number of hydrogen-bond donors (Lipinski definition) is 3. The van der Waals surface area contributed by atoms with Crippen molar-refractivity contribution in [2.45, 2.75) is 37.8 Å². The summed E-state index contributed by atoms with van der Waals surface area (Å²) in [6, 6.07) is 5.74. The van der Waals surface area contributed by atoms with Gasteiger partial charge in [0.15, 0.2) is 5.82 Å². The average molecular weight is 354 g/mol. The Kier molecular flexibility index (Phi) is 4.38. The summed E-state index contributed by atoms with van der Waals surface area (Å²) in [7, 11) is 0. The van der Waals surface area contributed by atoms with Gasteiger partial charge in [-0.3, -0.25) is 4.98 Å². The number of aliphatic hydroxyl groups is 1. The first-order chi connectivity index (χ1) is 12.6. The normalized spacial score (nSPS) is 20.2. The van der Waals surface area contributed by atoms with Crippen LogP contribution >= 0.6 is 0 Å². The van der Waals surface area contributed by atoms with Crippen LogP contribution in [0.25, 0.3) is 22.0 Å². The van der Waals surface area contributed by atoms with Gasteiger partial charge in [-0.15, -0.1) is 10.2 Å². The number of nitrogens with one attached hydrogen (secondary N) is 1.